The second-order valence-electron chi connectivity index (χ2n) is 8.10. The maximum atomic E-state index is 6.48. The minimum absolute atomic E-state index is 0.0877. The molecule has 0 aliphatic heterocycles. The first kappa shape index (κ1) is 23.0. The highest BCUT2D eigenvalue weighted by atomic mass is 14.7. The molecule has 0 aliphatic carbocycles. The summed E-state index contributed by atoms with van der Waals surface area (Å²) in [6.07, 6.45) is 24.8. The van der Waals surface area contributed by atoms with Gasteiger partial charge in [-0.15, -0.1) is 0 Å². The smallest absolute Gasteiger partial charge is 0.0125 e. The Morgan fingerprint density at radius 1 is 0.478 bits per heavy atom. The summed E-state index contributed by atoms with van der Waals surface area (Å²) in [5, 5.41) is 0. The molecule has 0 aromatic heterocycles. The quantitative estimate of drug-likeness (QED) is 0.256. The normalized spacial score (nSPS) is 12.0. The highest BCUT2D eigenvalue weighted by molar-refractivity contribution is 4.78. The Balaban J connectivity index is 3.33. The molecule has 0 spiro atoms. The molecule has 0 aromatic carbocycles. The van der Waals surface area contributed by atoms with E-state index in [4.69, 9.17) is 5.73 Å². The lowest BCUT2D eigenvalue weighted by Gasteiger charge is -2.24. The minimum Gasteiger partial charge on any atom is -0.325 e. The Hall–Kier alpha value is -0.0400. The first-order valence-corrected chi connectivity index (χ1v) is 10.9. The summed E-state index contributed by atoms with van der Waals surface area (Å²) in [6.45, 7) is 6.85. The van der Waals surface area contributed by atoms with Gasteiger partial charge in [0, 0.05) is 5.54 Å². The van der Waals surface area contributed by atoms with Gasteiger partial charge < -0.3 is 5.73 Å². The van der Waals surface area contributed by atoms with Crippen LogP contribution < -0.4 is 5.73 Å². The predicted octanol–water partition coefficient (Wildman–Crippen LogP) is 7.77. The van der Waals surface area contributed by atoms with E-state index in [0.717, 1.165) is 0 Å². The molecule has 140 valence electrons. The Bertz CT molecular complexity index is 200. The lowest BCUT2D eigenvalue weighted by atomic mass is 9.89. The maximum absolute atomic E-state index is 6.48. The van der Waals surface area contributed by atoms with Gasteiger partial charge in [0.2, 0.25) is 0 Å². The summed E-state index contributed by atoms with van der Waals surface area (Å²) in [5.74, 6) is 0. The summed E-state index contributed by atoms with van der Waals surface area (Å²) in [4.78, 5) is 0. The van der Waals surface area contributed by atoms with Gasteiger partial charge in [0.05, 0.1) is 0 Å². The molecule has 0 atom stereocenters. The van der Waals surface area contributed by atoms with Crippen LogP contribution in [0.25, 0.3) is 0 Å². The third kappa shape index (κ3) is 18.1. The Morgan fingerprint density at radius 2 is 0.739 bits per heavy atom. The third-order valence-electron chi connectivity index (χ3n) is 5.20. The molecule has 0 aromatic rings. The van der Waals surface area contributed by atoms with Gasteiger partial charge in [-0.3, -0.25) is 0 Å². The Labute approximate surface area is 148 Å². The second-order valence-corrected chi connectivity index (χ2v) is 8.10. The van der Waals surface area contributed by atoms with E-state index in [-0.39, 0.29) is 5.54 Å². The van der Waals surface area contributed by atoms with Gasteiger partial charge in [0.1, 0.15) is 0 Å². The fraction of sp³-hybridized carbons (Fsp3) is 1.00. The number of rotatable bonds is 18. The van der Waals surface area contributed by atoms with Crippen molar-refractivity contribution < 1.29 is 0 Å². The molecule has 1 heteroatoms. The van der Waals surface area contributed by atoms with Gasteiger partial charge in [-0.2, -0.15) is 0 Å². The van der Waals surface area contributed by atoms with Gasteiger partial charge in [0.15, 0.2) is 0 Å². The first-order chi connectivity index (χ1) is 11.1. The van der Waals surface area contributed by atoms with E-state index < -0.39 is 0 Å². The highest BCUT2D eigenvalue weighted by Crippen LogP contribution is 2.21. The molecule has 2 N–H and O–H groups in total. The molecule has 0 bridgehead atoms. The van der Waals surface area contributed by atoms with Crippen LogP contribution in [0, 0.1) is 0 Å². The summed E-state index contributed by atoms with van der Waals surface area (Å²) in [7, 11) is 0. The Kier molecular flexibility index (Phi) is 16.8. The molecule has 0 aliphatic rings. The molecule has 0 saturated heterocycles. The topological polar surface area (TPSA) is 26.0 Å². The minimum atomic E-state index is 0.0877. The van der Waals surface area contributed by atoms with Crippen LogP contribution in [0.4, 0.5) is 0 Å². The first-order valence-electron chi connectivity index (χ1n) is 10.9. The average Bonchev–Trinajstić information content (AvgIpc) is 2.52. The number of hydrogen-bond acceptors (Lipinski definition) is 1. The van der Waals surface area contributed by atoms with Crippen molar-refractivity contribution in [3.8, 4) is 0 Å². The van der Waals surface area contributed by atoms with E-state index in [9.17, 15) is 0 Å². The van der Waals surface area contributed by atoms with Crippen molar-refractivity contribution in [1.29, 1.82) is 0 Å². The SMILES string of the molecule is CCCCCCCCCCC(C)(N)CCCCCCCCCC. The lowest BCUT2D eigenvalue weighted by Crippen LogP contribution is -2.35. The Morgan fingerprint density at radius 3 is 1.04 bits per heavy atom. The molecule has 0 radical (unpaired) electrons. The van der Waals surface area contributed by atoms with Gasteiger partial charge in [-0.25, -0.2) is 0 Å². The summed E-state index contributed by atoms with van der Waals surface area (Å²) in [6, 6.07) is 0. The number of hydrogen-bond donors (Lipinski definition) is 1. The molecule has 1 nitrogen and oxygen atoms in total. The maximum Gasteiger partial charge on any atom is 0.0125 e. The molecule has 23 heavy (non-hydrogen) atoms. The number of unbranched alkanes of at least 4 members (excludes halogenated alkanes) is 14. The zero-order valence-corrected chi connectivity index (χ0v) is 16.8. The summed E-state index contributed by atoms with van der Waals surface area (Å²) in [5.41, 5.74) is 6.57. The second kappa shape index (κ2) is 16.8. The van der Waals surface area contributed by atoms with Crippen LogP contribution in [0.1, 0.15) is 136 Å². The molecule has 0 saturated carbocycles. The van der Waals surface area contributed by atoms with Crippen LogP contribution in [0.3, 0.4) is 0 Å². The van der Waals surface area contributed by atoms with Crippen molar-refractivity contribution in [2.24, 2.45) is 5.73 Å². The lowest BCUT2D eigenvalue weighted by molar-refractivity contribution is 0.363. The van der Waals surface area contributed by atoms with Gasteiger partial charge in [0.25, 0.3) is 0 Å². The van der Waals surface area contributed by atoms with Crippen LogP contribution in [0.2, 0.25) is 0 Å². The standard InChI is InChI=1S/C22H47N/c1-4-6-8-10-12-14-16-18-20-22(3,23)21-19-17-15-13-11-9-7-5-2/h4-21,23H2,1-3H3. The van der Waals surface area contributed by atoms with E-state index in [1.165, 1.54) is 116 Å². The third-order valence-corrected chi connectivity index (χ3v) is 5.20. The summed E-state index contributed by atoms with van der Waals surface area (Å²) >= 11 is 0. The van der Waals surface area contributed by atoms with E-state index in [1.807, 2.05) is 0 Å². The van der Waals surface area contributed by atoms with Crippen LogP contribution >= 0.6 is 0 Å². The summed E-state index contributed by atoms with van der Waals surface area (Å²) < 4.78 is 0. The predicted molar refractivity (Wildman–Crippen MR) is 107 cm³/mol. The highest BCUT2D eigenvalue weighted by Gasteiger charge is 2.16. The van der Waals surface area contributed by atoms with Crippen LogP contribution in [0.15, 0.2) is 0 Å². The number of nitrogens with two attached hydrogens (primary N) is 1. The molecule has 0 fully saturated rings. The van der Waals surface area contributed by atoms with Crippen LogP contribution in [-0.2, 0) is 0 Å². The van der Waals surface area contributed by atoms with Gasteiger partial charge in [-0.05, 0) is 19.8 Å². The fourth-order valence-electron chi connectivity index (χ4n) is 3.45. The van der Waals surface area contributed by atoms with Gasteiger partial charge in [-0.1, -0.05) is 117 Å². The van der Waals surface area contributed by atoms with E-state index >= 15 is 0 Å². The van der Waals surface area contributed by atoms with Crippen molar-refractivity contribution in [2.75, 3.05) is 0 Å². The van der Waals surface area contributed by atoms with Crippen molar-refractivity contribution in [1.82, 2.24) is 0 Å². The largest absolute Gasteiger partial charge is 0.325 e. The van der Waals surface area contributed by atoms with Gasteiger partial charge >= 0.3 is 0 Å². The molecule has 0 amide bonds. The van der Waals surface area contributed by atoms with E-state index in [0.29, 0.717) is 0 Å². The van der Waals surface area contributed by atoms with Crippen molar-refractivity contribution in [3.63, 3.8) is 0 Å². The fourth-order valence-corrected chi connectivity index (χ4v) is 3.45. The average molecular weight is 326 g/mol. The van der Waals surface area contributed by atoms with Crippen LogP contribution in [-0.4, -0.2) is 5.54 Å². The van der Waals surface area contributed by atoms with Crippen molar-refractivity contribution >= 4 is 0 Å². The zero-order valence-electron chi connectivity index (χ0n) is 16.8. The van der Waals surface area contributed by atoms with Crippen LogP contribution in [0.5, 0.6) is 0 Å². The zero-order chi connectivity index (χ0) is 17.2. The molecular formula is C22H47N. The van der Waals surface area contributed by atoms with E-state index in [1.54, 1.807) is 0 Å². The van der Waals surface area contributed by atoms with Crippen molar-refractivity contribution in [2.45, 2.75) is 142 Å². The van der Waals surface area contributed by atoms with E-state index in [2.05, 4.69) is 20.8 Å². The molecule has 0 unspecified atom stereocenters. The molecular weight excluding hydrogens is 278 g/mol. The monoisotopic (exact) mass is 325 g/mol. The molecule has 0 heterocycles. The van der Waals surface area contributed by atoms with Crippen molar-refractivity contribution in [3.05, 3.63) is 0 Å². The molecule has 0 rings (SSSR count).